The van der Waals surface area contributed by atoms with E-state index in [1.165, 1.54) is 17.5 Å². The Labute approximate surface area is 109 Å². The van der Waals surface area contributed by atoms with Crippen molar-refractivity contribution < 1.29 is 0 Å². The Bertz CT molecular complexity index is 539. The van der Waals surface area contributed by atoms with Crippen LogP contribution < -0.4 is 5.32 Å². The summed E-state index contributed by atoms with van der Waals surface area (Å²) in [7, 11) is 0. The van der Waals surface area contributed by atoms with E-state index in [9.17, 15) is 0 Å². The first-order valence-corrected chi connectivity index (χ1v) is 6.76. The molecule has 0 saturated carbocycles. The highest BCUT2D eigenvalue weighted by molar-refractivity contribution is 5.46. The first-order valence-electron chi connectivity index (χ1n) is 6.76. The number of nitrogens with one attached hydrogen (secondary N) is 1. The SMILES string of the molecule is CC1(C)[C@H]2Cc3cc(C#N)ccc3[C@]1(C)CCN2. The Balaban J connectivity index is 2.21. The van der Waals surface area contributed by atoms with Gasteiger partial charge >= 0.3 is 0 Å². The number of hydrogen-bond donors (Lipinski definition) is 1. The van der Waals surface area contributed by atoms with Gasteiger partial charge in [-0.25, -0.2) is 0 Å². The van der Waals surface area contributed by atoms with E-state index < -0.39 is 0 Å². The van der Waals surface area contributed by atoms with Crippen molar-refractivity contribution in [1.29, 1.82) is 5.26 Å². The standard InChI is InChI=1S/C16H20N2/c1-15(2)14-9-12-8-11(10-17)4-5-13(12)16(15,3)6-7-18-14/h4-5,8,14,18H,6-7,9H2,1-3H3/t14-,16+/m1/s1. The van der Waals surface area contributed by atoms with Gasteiger partial charge in [-0.2, -0.15) is 5.26 Å². The van der Waals surface area contributed by atoms with Gasteiger partial charge in [0.2, 0.25) is 0 Å². The Hall–Kier alpha value is -1.33. The highest BCUT2D eigenvalue weighted by atomic mass is 15.0. The van der Waals surface area contributed by atoms with Crippen LogP contribution >= 0.6 is 0 Å². The van der Waals surface area contributed by atoms with Crippen LogP contribution in [0, 0.1) is 16.7 Å². The van der Waals surface area contributed by atoms with E-state index >= 15 is 0 Å². The smallest absolute Gasteiger partial charge is 0.0991 e. The summed E-state index contributed by atoms with van der Waals surface area (Å²) in [5, 5.41) is 12.7. The van der Waals surface area contributed by atoms with Crippen LogP contribution in [0.2, 0.25) is 0 Å². The summed E-state index contributed by atoms with van der Waals surface area (Å²) >= 11 is 0. The fourth-order valence-electron chi connectivity index (χ4n) is 3.86. The fourth-order valence-corrected chi connectivity index (χ4v) is 3.86. The molecule has 94 valence electrons. The average molecular weight is 240 g/mol. The van der Waals surface area contributed by atoms with Gasteiger partial charge in [0.15, 0.2) is 0 Å². The van der Waals surface area contributed by atoms with Crippen molar-refractivity contribution in [3.63, 3.8) is 0 Å². The van der Waals surface area contributed by atoms with Gasteiger partial charge < -0.3 is 5.32 Å². The van der Waals surface area contributed by atoms with Crippen LogP contribution in [-0.4, -0.2) is 12.6 Å². The molecular formula is C16H20N2. The number of benzene rings is 1. The highest BCUT2D eigenvalue weighted by Crippen LogP contribution is 2.53. The molecule has 18 heavy (non-hydrogen) atoms. The van der Waals surface area contributed by atoms with Gasteiger partial charge in [0.1, 0.15) is 0 Å². The van der Waals surface area contributed by atoms with Crippen molar-refractivity contribution >= 4 is 0 Å². The van der Waals surface area contributed by atoms with Crippen molar-refractivity contribution in [2.45, 2.75) is 45.1 Å². The second-order valence-corrected chi connectivity index (χ2v) is 6.50. The van der Waals surface area contributed by atoms with Gasteiger partial charge in [-0.1, -0.05) is 26.8 Å². The van der Waals surface area contributed by atoms with Crippen LogP contribution in [0.5, 0.6) is 0 Å². The molecule has 0 amide bonds. The molecule has 0 aromatic heterocycles. The molecule has 2 nitrogen and oxygen atoms in total. The third-order valence-electron chi connectivity index (χ3n) is 5.56. The first kappa shape index (κ1) is 11.7. The van der Waals surface area contributed by atoms with Crippen LogP contribution in [0.15, 0.2) is 18.2 Å². The number of rotatable bonds is 0. The molecule has 0 spiro atoms. The van der Waals surface area contributed by atoms with E-state index in [0.717, 1.165) is 18.5 Å². The van der Waals surface area contributed by atoms with Gasteiger partial charge in [-0.15, -0.1) is 0 Å². The van der Waals surface area contributed by atoms with Gasteiger partial charge in [0, 0.05) is 11.5 Å². The number of nitriles is 1. The van der Waals surface area contributed by atoms with Crippen LogP contribution in [0.3, 0.4) is 0 Å². The zero-order chi connectivity index (χ0) is 13.0. The Morgan fingerprint density at radius 3 is 2.83 bits per heavy atom. The largest absolute Gasteiger partial charge is 0.313 e. The van der Waals surface area contributed by atoms with Crippen molar-refractivity contribution in [3.05, 3.63) is 34.9 Å². The summed E-state index contributed by atoms with van der Waals surface area (Å²) in [6.45, 7) is 8.25. The Kier molecular flexibility index (Phi) is 2.34. The van der Waals surface area contributed by atoms with Gasteiger partial charge in [0.05, 0.1) is 11.6 Å². The summed E-state index contributed by atoms with van der Waals surface area (Å²) in [4.78, 5) is 0. The van der Waals surface area contributed by atoms with Crippen LogP contribution in [0.4, 0.5) is 0 Å². The minimum Gasteiger partial charge on any atom is -0.313 e. The zero-order valence-corrected chi connectivity index (χ0v) is 11.4. The van der Waals surface area contributed by atoms with Crippen LogP contribution in [-0.2, 0) is 11.8 Å². The van der Waals surface area contributed by atoms with E-state index in [4.69, 9.17) is 5.26 Å². The minimum absolute atomic E-state index is 0.227. The summed E-state index contributed by atoms with van der Waals surface area (Å²) < 4.78 is 0. The normalized spacial score (nSPS) is 32.4. The van der Waals surface area contributed by atoms with Crippen molar-refractivity contribution in [2.75, 3.05) is 6.54 Å². The number of fused-ring (bicyclic) bond motifs is 4. The van der Waals surface area contributed by atoms with Crippen LogP contribution in [0.1, 0.15) is 43.9 Å². The molecule has 1 fully saturated rings. The van der Waals surface area contributed by atoms with Gasteiger partial charge in [-0.05, 0) is 48.1 Å². The molecule has 1 saturated heterocycles. The van der Waals surface area contributed by atoms with Gasteiger partial charge in [-0.3, -0.25) is 0 Å². The van der Waals surface area contributed by atoms with Crippen molar-refractivity contribution in [3.8, 4) is 6.07 Å². The molecule has 1 aromatic carbocycles. The number of hydrogen-bond acceptors (Lipinski definition) is 2. The van der Waals surface area contributed by atoms with Crippen LogP contribution in [0.25, 0.3) is 0 Å². The molecule has 2 bridgehead atoms. The minimum atomic E-state index is 0.227. The Morgan fingerprint density at radius 2 is 2.11 bits per heavy atom. The molecule has 1 heterocycles. The zero-order valence-electron chi connectivity index (χ0n) is 11.4. The summed E-state index contributed by atoms with van der Waals surface area (Å²) in [5.74, 6) is 0. The maximum atomic E-state index is 9.04. The molecular weight excluding hydrogens is 220 g/mol. The molecule has 1 N–H and O–H groups in total. The van der Waals surface area contributed by atoms with Gasteiger partial charge in [0.25, 0.3) is 0 Å². The van der Waals surface area contributed by atoms with E-state index in [2.05, 4.69) is 44.3 Å². The maximum absolute atomic E-state index is 9.04. The summed E-state index contributed by atoms with van der Waals surface area (Å²) in [6.07, 6.45) is 2.23. The quantitative estimate of drug-likeness (QED) is 0.757. The fraction of sp³-hybridized carbons (Fsp3) is 0.562. The second-order valence-electron chi connectivity index (χ2n) is 6.50. The molecule has 1 aliphatic carbocycles. The lowest BCUT2D eigenvalue weighted by atomic mass is 9.51. The lowest BCUT2D eigenvalue weighted by Gasteiger charge is -2.57. The molecule has 2 aliphatic rings. The topological polar surface area (TPSA) is 35.8 Å². The third-order valence-corrected chi connectivity index (χ3v) is 5.56. The maximum Gasteiger partial charge on any atom is 0.0991 e. The lowest BCUT2D eigenvalue weighted by molar-refractivity contribution is 0.0559. The van der Waals surface area contributed by atoms with E-state index in [1.54, 1.807) is 0 Å². The number of nitrogens with zero attached hydrogens (tertiary/aromatic N) is 1. The number of piperidine rings is 1. The summed E-state index contributed by atoms with van der Waals surface area (Å²) in [5.41, 5.74) is 4.11. The van der Waals surface area contributed by atoms with Crippen molar-refractivity contribution in [2.24, 2.45) is 5.41 Å². The molecule has 1 aliphatic heterocycles. The molecule has 3 rings (SSSR count). The second kappa shape index (κ2) is 3.59. The lowest BCUT2D eigenvalue weighted by Crippen LogP contribution is -2.62. The van der Waals surface area contributed by atoms with Crippen molar-refractivity contribution in [1.82, 2.24) is 5.32 Å². The highest BCUT2D eigenvalue weighted by Gasteiger charge is 2.53. The molecule has 1 aromatic rings. The average Bonchev–Trinajstić information content (AvgIpc) is 2.33. The molecule has 2 atom stereocenters. The predicted octanol–water partition coefficient (Wildman–Crippen LogP) is 2.76. The van der Waals surface area contributed by atoms with E-state index in [-0.39, 0.29) is 10.8 Å². The first-order chi connectivity index (χ1) is 8.49. The monoisotopic (exact) mass is 240 g/mol. The molecule has 2 heteroatoms. The third kappa shape index (κ3) is 1.31. The molecule has 0 radical (unpaired) electrons. The molecule has 0 unspecified atom stereocenters. The van der Waals surface area contributed by atoms with E-state index in [0.29, 0.717) is 6.04 Å². The predicted molar refractivity (Wildman–Crippen MR) is 72.4 cm³/mol. The summed E-state index contributed by atoms with van der Waals surface area (Å²) in [6, 6.07) is 9.03. The Morgan fingerprint density at radius 1 is 1.33 bits per heavy atom. The van der Waals surface area contributed by atoms with E-state index in [1.807, 2.05) is 6.07 Å².